The van der Waals surface area contributed by atoms with Gasteiger partial charge in [0.25, 0.3) is 0 Å². The Morgan fingerprint density at radius 3 is 3.10 bits per heavy atom. The first-order valence-electron chi connectivity index (χ1n) is 4.43. The lowest BCUT2D eigenvalue weighted by Gasteiger charge is -2.03. The van der Waals surface area contributed by atoms with Gasteiger partial charge < -0.3 is 10.5 Å². The van der Waals surface area contributed by atoms with Gasteiger partial charge in [0.15, 0.2) is 0 Å². The molecule has 0 saturated heterocycles. The van der Waals surface area contributed by atoms with Gasteiger partial charge >= 0.3 is 0 Å². The summed E-state index contributed by atoms with van der Waals surface area (Å²) in [5.74, 6) is 0.306. The van der Waals surface area contributed by atoms with E-state index in [1.165, 1.54) is 6.07 Å². The van der Waals surface area contributed by atoms with E-state index >= 15 is 0 Å². The maximum Gasteiger partial charge on any atom is 0.123 e. The van der Waals surface area contributed by atoms with Gasteiger partial charge in [0.1, 0.15) is 5.75 Å². The predicted molar refractivity (Wildman–Crippen MR) is 42.1 cm³/mol. The molecule has 54 valence electrons. The second-order valence-corrected chi connectivity index (χ2v) is 2.13. The molecule has 0 fully saturated rings. The Morgan fingerprint density at radius 2 is 2.40 bits per heavy atom. The number of ether oxygens (including phenoxy) is 1. The summed E-state index contributed by atoms with van der Waals surface area (Å²) in [5, 5.41) is 0. The van der Waals surface area contributed by atoms with Gasteiger partial charge in [-0.2, -0.15) is 0 Å². The third-order valence-corrected chi connectivity index (χ3v) is 1.32. The topological polar surface area (TPSA) is 35.2 Å². The van der Waals surface area contributed by atoms with E-state index in [4.69, 9.17) is 14.6 Å². The monoisotopic (exact) mass is 140 g/mol. The summed E-state index contributed by atoms with van der Waals surface area (Å²) in [6, 6.07) is 4.92. The minimum atomic E-state index is -2.42. The van der Waals surface area contributed by atoms with Crippen molar-refractivity contribution < 1.29 is 8.85 Å². The van der Waals surface area contributed by atoms with Crippen molar-refractivity contribution in [3.63, 3.8) is 0 Å². The third kappa shape index (κ3) is 1.21. The van der Waals surface area contributed by atoms with Crippen LogP contribution < -0.4 is 10.5 Å². The van der Waals surface area contributed by atoms with Gasteiger partial charge in [0, 0.05) is 11.8 Å². The lowest BCUT2D eigenvalue weighted by atomic mass is 10.2. The molecule has 0 aliphatic carbocycles. The summed E-state index contributed by atoms with van der Waals surface area (Å²) < 4.78 is 25.5. The number of hydrogen-bond donors (Lipinski definition) is 1. The number of benzene rings is 1. The van der Waals surface area contributed by atoms with E-state index in [1.54, 1.807) is 19.1 Å². The van der Waals surface area contributed by atoms with Gasteiger partial charge in [-0.15, -0.1) is 0 Å². The predicted octanol–water partition coefficient (Wildman–Crippen LogP) is 1.59. The first-order valence-corrected chi connectivity index (χ1v) is 2.93. The molecular formula is C8H11NO. The van der Waals surface area contributed by atoms with Crippen LogP contribution in [0.25, 0.3) is 0 Å². The summed E-state index contributed by atoms with van der Waals surface area (Å²) in [6.07, 6.45) is 0. The van der Waals surface area contributed by atoms with Crippen LogP contribution in [0.15, 0.2) is 18.2 Å². The Balaban J connectivity index is 2.94. The molecule has 2 heteroatoms. The van der Waals surface area contributed by atoms with Crippen molar-refractivity contribution in [2.24, 2.45) is 0 Å². The third-order valence-electron chi connectivity index (χ3n) is 1.32. The molecule has 2 N–H and O–H groups in total. The van der Waals surface area contributed by atoms with Crippen LogP contribution in [0.5, 0.6) is 5.75 Å². The zero-order valence-electron chi connectivity index (χ0n) is 8.72. The maximum absolute atomic E-state index is 6.91. The largest absolute Gasteiger partial charge is 0.496 e. The minimum Gasteiger partial charge on any atom is -0.496 e. The van der Waals surface area contributed by atoms with Crippen molar-refractivity contribution in [1.29, 1.82) is 0 Å². The van der Waals surface area contributed by atoms with E-state index in [9.17, 15) is 0 Å². The summed E-state index contributed by atoms with van der Waals surface area (Å²) in [6.45, 7) is 1.76. The Bertz CT molecular complexity index is 309. The normalized spacial score (nSPS) is 15.1. The van der Waals surface area contributed by atoms with Gasteiger partial charge in [-0.3, -0.25) is 0 Å². The minimum absolute atomic E-state index is 0.306. The zero-order chi connectivity index (χ0) is 10.1. The van der Waals surface area contributed by atoms with E-state index in [2.05, 4.69) is 0 Å². The van der Waals surface area contributed by atoms with Gasteiger partial charge in [-0.1, -0.05) is 6.07 Å². The number of rotatable bonds is 1. The lowest BCUT2D eigenvalue weighted by molar-refractivity contribution is 0.412. The molecule has 10 heavy (non-hydrogen) atoms. The molecule has 0 spiro atoms. The fourth-order valence-electron chi connectivity index (χ4n) is 0.727. The van der Waals surface area contributed by atoms with Gasteiger partial charge in [-0.25, -0.2) is 0 Å². The molecule has 2 nitrogen and oxygen atoms in total. The first kappa shape index (κ1) is 3.86. The molecule has 1 aromatic rings. The number of hydrogen-bond acceptors (Lipinski definition) is 2. The van der Waals surface area contributed by atoms with Crippen LogP contribution in [0.3, 0.4) is 0 Å². The number of nitrogens with two attached hydrogens (primary N) is 1. The molecule has 0 radical (unpaired) electrons. The van der Waals surface area contributed by atoms with E-state index in [-0.39, 0.29) is 0 Å². The average Bonchev–Trinajstić information content (AvgIpc) is 1.94. The smallest absolute Gasteiger partial charge is 0.123 e. The van der Waals surface area contributed by atoms with Crippen molar-refractivity contribution >= 4 is 5.69 Å². The molecule has 0 unspecified atom stereocenters. The number of anilines is 1. The molecule has 0 heterocycles. The SMILES string of the molecule is [2H]C([2H])([2H])Oc1cc(N)ccc1C. The zero-order valence-corrected chi connectivity index (χ0v) is 5.72. The van der Waals surface area contributed by atoms with Crippen LogP contribution in [0.2, 0.25) is 0 Å². The average molecular weight is 140 g/mol. The summed E-state index contributed by atoms with van der Waals surface area (Å²) in [5.41, 5.74) is 6.73. The van der Waals surface area contributed by atoms with Crippen LogP contribution in [-0.4, -0.2) is 7.04 Å². The van der Waals surface area contributed by atoms with E-state index in [0.717, 1.165) is 5.56 Å². The second kappa shape index (κ2) is 2.60. The molecule has 1 aromatic carbocycles. The molecule has 0 aliphatic heterocycles. The maximum atomic E-state index is 6.91. The highest BCUT2D eigenvalue weighted by atomic mass is 16.5. The lowest BCUT2D eigenvalue weighted by Crippen LogP contribution is -1.89. The van der Waals surface area contributed by atoms with Gasteiger partial charge in [0.2, 0.25) is 0 Å². The van der Waals surface area contributed by atoms with Crippen molar-refractivity contribution in [3.05, 3.63) is 23.8 Å². The second-order valence-electron chi connectivity index (χ2n) is 2.13. The number of aryl methyl sites for hydroxylation is 1. The molecular weight excluding hydrogens is 126 g/mol. The van der Waals surface area contributed by atoms with Crippen LogP contribution in [0.1, 0.15) is 9.68 Å². The summed E-state index contributed by atoms with van der Waals surface area (Å²) in [7, 11) is -2.42. The van der Waals surface area contributed by atoms with Crippen molar-refractivity contribution in [3.8, 4) is 5.75 Å². The molecule has 0 atom stereocenters. The van der Waals surface area contributed by atoms with E-state index < -0.39 is 7.04 Å². The molecule has 0 aliphatic rings. The highest BCUT2D eigenvalue weighted by Gasteiger charge is 1.95. The van der Waals surface area contributed by atoms with E-state index in [0.29, 0.717) is 11.4 Å². The van der Waals surface area contributed by atoms with Crippen molar-refractivity contribution in [2.75, 3.05) is 12.8 Å². The Morgan fingerprint density at radius 1 is 1.60 bits per heavy atom. The summed E-state index contributed by atoms with van der Waals surface area (Å²) in [4.78, 5) is 0. The quantitative estimate of drug-likeness (QED) is 0.601. The molecule has 0 aromatic heterocycles. The van der Waals surface area contributed by atoms with Crippen LogP contribution >= 0.6 is 0 Å². The highest BCUT2D eigenvalue weighted by Crippen LogP contribution is 2.19. The standard InChI is InChI=1S/C8H11NO/c1-6-3-4-7(9)5-8(6)10-2/h3-5H,9H2,1-2H3/i2D3. The van der Waals surface area contributed by atoms with Crippen molar-refractivity contribution in [1.82, 2.24) is 0 Å². The highest BCUT2D eigenvalue weighted by molar-refractivity contribution is 5.47. The Hall–Kier alpha value is -1.18. The molecule has 1 rings (SSSR count). The summed E-state index contributed by atoms with van der Waals surface area (Å²) >= 11 is 0. The van der Waals surface area contributed by atoms with Crippen LogP contribution in [0, 0.1) is 6.92 Å². The fraction of sp³-hybridized carbons (Fsp3) is 0.250. The van der Waals surface area contributed by atoms with Gasteiger partial charge in [0.05, 0.1) is 11.2 Å². The number of nitrogen functional groups attached to an aromatic ring is 1. The Kier molecular flexibility index (Phi) is 1.01. The van der Waals surface area contributed by atoms with Crippen molar-refractivity contribution in [2.45, 2.75) is 6.92 Å². The molecule has 0 amide bonds. The van der Waals surface area contributed by atoms with Gasteiger partial charge in [-0.05, 0) is 18.6 Å². The first-order chi connectivity index (χ1) is 5.88. The Labute approximate surface area is 64.8 Å². The molecule has 0 saturated carbocycles. The van der Waals surface area contributed by atoms with Crippen LogP contribution in [-0.2, 0) is 0 Å². The van der Waals surface area contributed by atoms with E-state index in [1.807, 2.05) is 0 Å². The molecule has 0 bridgehead atoms. The van der Waals surface area contributed by atoms with Crippen LogP contribution in [0.4, 0.5) is 5.69 Å². The number of methoxy groups -OCH3 is 1. The fourth-order valence-corrected chi connectivity index (χ4v) is 0.727.